The van der Waals surface area contributed by atoms with Gasteiger partial charge in [0.15, 0.2) is 5.76 Å². The van der Waals surface area contributed by atoms with Crippen molar-refractivity contribution in [1.29, 1.82) is 0 Å². The summed E-state index contributed by atoms with van der Waals surface area (Å²) in [5, 5.41) is 3.64. The highest BCUT2D eigenvalue weighted by Crippen LogP contribution is 2.22. The fourth-order valence-electron chi connectivity index (χ4n) is 1.43. The fourth-order valence-corrected chi connectivity index (χ4v) is 2.93. The number of hydrogen-bond donors (Lipinski definition) is 1. The van der Waals surface area contributed by atoms with Crippen molar-refractivity contribution in [1.82, 2.24) is 9.46 Å². The molecule has 1 aromatic heterocycles. The summed E-state index contributed by atoms with van der Waals surface area (Å²) >= 11 is 0. The molecule has 0 spiro atoms. The maximum absolute atomic E-state index is 12.1. The highest BCUT2D eigenvalue weighted by Gasteiger charge is 2.27. The Morgan fingerprint density at radius 2 is 2.06 bits per heavy atom. The molecular formula is C9H17N3O3S. The zero-order valence-electron chi connectivity index (χ0n) is 9.73. The average molecular weight is 247 g/mol. The summed E-state index contributed by atoms with van der Waals surface area (Å²) in [6.45, 7) is 4.05. The molecule has 6 nitrogen and oxygen atoms in total. The Labute approximate surface area is 95.4 Å². The summed E-state index contributed by atoms with van der Waals surface area (Å²) in [5.74, 6) is 0.317. The van der Waals surface area contributed by atoms with Crippen molar-refractivity contribution in [3.63, 3.8) is 0 Å². The monoisotopic (exact) mass is 247 g/mol. The second-order valence-electron chi connectivity index (χ2n) is 3.62. The lowest BCUT2D eigenvalue weighted by Gasteiger charge is -2.16. The summed E-state index contributed by atoms with van der Waals surface area (Å²) in [7, 11) is -1.98. The third-order valence-corrected chi connectivity index (χ3v) is 4.42. The number of rotatable bonds is 5. The van der Waals surface area contributed by atoms with Gasteiger partial charge in [-0.3, -0.25) is 0 Å². The Kier molecular flexibility index (Phi) is 4.06. The van der Waals surface area contributed by atoms with E-state index >= 15 is 0 Å². The van der Waals surface area contributed by atoms with Crippen LogP contribution in [0, 0.1) is 13.8 Å². The van der Waals surface area contributed by atoms with Gasteiger partial charge in [-0.1, -0.05) is 5.16 Å². The topological polar surface area (TPSA) is 89.4 Å². The zero-order chi connectivity index (χ0) is 12.3. The summed E-state index contributed by atoms with van der Waals surface area (Å²) in [5.41, 5.74) is 5.73. The molecule has 0 unspecified atom stereocenters. The predicted molar refractivity (Wildman–Crippen MR) is 59.5 cm³/mol. The van der Waals surface area contributed by atoms with Crippen LogP contribution < -0.4 is 5.73 Å². The maximum Gasteiger partial charge on any atom is 0.248 e. The molecule has 0 aliphatic carbocycles. The van der Waals surface area contributed by atoms with Crippen LogP contribution in [0.5, 0.6) is 0 Å². The molecule has 7 heteroatoms. The quantitative estimate of drug-likeness (QED) is 0.806. The van der Waals surface area contributed by atoms with Crippen LogP contribution in [-0.2, 0) is 10.0 Å². The van der Waals surface area contributed by atoms with Crippen LogP contribution in [0.4, 0.5) is 0 Å². The van der Waals surface area contributed by atoms with Crippen molar-refractivity contribution in [2.45, 2.75) is 25.2 Å². The van der Waals surface area contributed by atoms with E-state index in [4.69, 9.17) is 10.3 Å². The Morgan fingerprint density at radius 3 is 2.50 bits per heavy atom. The molecule has 0 fully saturated rings. The molecule has 0 radical (unpaired) electrons. The van der Waals surface area contributed by atoms with Crippen molar-refractivity contribution in [2.75, 3.05) is 20.1 Å². The predicted octanol–water partition coefficient (Wildman–Crippen LogP) is 0.261. The van der Waals surface area contributed by atoms with E-state index in [1.54, 1.807) is 13.8 Å². The average Bonchev–Trinajstić information content (AvgIpc) is 2.55. The normalized spacial score (nSPS) is 12.3. The maximum atomic E-state index is 12.1. The minimum absolute atomic E-state index is 0.159. The molecule has 0 atom stereocenters. The number of nitrogens with two attached hydrogens (primary N) is 1. The second kappa shape index (κ2) is 4.94. The molecule has 92 valence electrons. The van der Waals surface area contributed by atoms with Gasteiger partial charge in [0, 0.05) is 13.6 Å². The van der Waals surface area contributed by atoms with Crippen molar-refractivity contribution in [3.8, 4) is 0 Å². The lowest BCUT2D eigenvalue weighted by atomic mass is 10.4. The Bertz CT molecular complexity index is 433. The minimum Gasteiger partial charge on any atom is -0.360 e. The van der Waals surface area contributed by atoms with Gasteiger partial charge in [0.2, 0.25) is 10.0 Å². The van der Waals surface area contributed by atoms with Crippen molar-refractivity contribution in [3.05, 3.63) is 11.5 Å². The van der Waals surface area contributed by atoms with E-state index in [2.05, 4.69) is 5.16 Å². The van der Waals surface area contributed by atoms with E-state index in [0.29, 0.717) is 31.0 Å². The highest BCUT2D eigenvalue weighted by atomic mass is 32.2. The molecule has 16 heavy (non-hydrogen) atoms. The molecular weight excluding hydrogens is 230 g/mol. The first-order chi connectivity index (χ1) is 7.41. The molecule has 0 bridgehead atoms. The van der Waals surface area contributed by atoms with Crippen LogP contribution in [0.25, 0.3) is 0 Å². The number of sulfonamides is 1. The molecule has 2 N–H and O–H groups in total. The molecule has 0 aromatic carbocycles. The van der Waals surface area contributed by atoms with Gasteiger partial charge in [0.1, 0.15) is 10.6 Å². The standard InChI is InChI=1S/C9H17N3O3S/c1-7-9(8(2)15-11-7)16(13,14)12(3)6-4-5-10/h4-6,10H2,1-3H3. The first-order valence-corrected chi connectivity index (χ1v) is 6.44. The Hall–Kier alpha value is -0.920. The van der Waals surface area contributed by atoms with Gasteiger partial charge in [0.05, 0.1) is 0 Å². The van der Waals surface area contributed by atoms with Crippen LogP contribution in [0.1, 0.15) is 17.9 Å². The Balaban J connectivity index is 3.02. The summed E-state index contributed by atoms with van der Waals surface area (Å²) in [4.78, 5) is 0.159. The first kappa shape index (κ1) is 13.1. The third kappa shape index (κ3) is 2.42. The third-order valence-electron chi connectivity index (χ3n) is 2.31. The van der Waals surface area contributed by atoms with Gasteiger partial charge < -0.3 is 10.3 Å². The molecule has 1 heterocycles. The van der Waals surface area contributed by atoms with E-state index in [1.165, 1.54) is 11.4 Å². The molecule has 1 rings (SSSR count). The van der Waals surface area contributed by atoms with Gasteiger partial charge in [0.25, 0.3) is 0 Å². The fraction of sp³-hybridized carbons (Fsp3) is 0.667. The molecule has 0 amide bonds. The molecule has 0 saturated heterocycles. The smallest absolute Gasteiger partial charge is 0.248 e. The zero-order valence-corrected chi connectivity index (χ0v) is 10.5. The van der Waals surface area contributed by atoms with E-state index in [-0.39, 0.29) is 4.90 Å². The number of nitrogens with zero attached hydrogens (tertiary/aromatic N) is 2. The van der Waals surface area contributed by atoms with Gasteiger partial charge in [-0.25, -0.2) is 12.7 Å². The summed E-state index contributed by atoms with van der Waals surface area (Å²) < 4.78 is 30.4. The van der Waals surface area contributed by atoms with Crippen LogP contribution >= 0.6 is 0 Å². The highest BCUT2D eigenvalue weighted by molar-refractivity contribution is 7.89. The van der Waals surface area contributed by atoms with Crippen LogP contribution in [0.2, 0.25) is 0 Å². The van der Waals surface area contributed by atoms with Crippen molar-refractivity contribution >= 4 is 10.0 Å². The van der Waals surface area contributed by atoms with Gasteiger partial charge in [-0.15, -0.1) is 0 Å². The second-order valence-corrected chi connectivity index (χ2v) is 5.60. The van der Waals surface area contributed by atoms with Crippen LogP contribution in [-0.4, -0.2) is 38.0 Å². The first-order valence-electron chi connectivity index (χ1n) is 5.00. The number of aromatic nitrogens is 1. The molecule has 1 aromatic rings. The summed E-state index contributed by atoms with van der Waals surface area (Å²) in [6.07, 6.45) is 0.624. The van der Waals surface area contributed by atoms with Gasteiger partial charge in [-0.2, -0.15) is 0 Å². The van der Waals surface area contributed by atoms with Gasteiger partial charge >= 0.3 is 0 Å². The molecule has 0 aliphatic heterocycles. The van der Waals surface area contributed by atoms with Crippen molar-refractivity contribution < 1.29 is 12.9 Å². The SMILES string of the molecule is Cc1noc(C)c1S(=O)(=O)N(C)CCCN. The minimum atomic E-state index is -3.51. The lowest BCUT2D eigenvalue weighted by molar-refractivity contribution is 0.389. The largest absolute Gasteiger partial charge is 0.360 e. The van der Waals surface area contributed by atoms with Gasteiger partial charge in [-0.05, 0) is 26.8 Å². The molecule has 0 aliphatic rings. The van der Waals surface area contributed by atoms with E-state index < -0.39 is 10.0 Å². The molecule has 0 saturated carbocycles. The van der Waals surface area contributed by atoms with E-state index in [0.717, 1.165) is 0 Å². The van der Waals surface area contributed by atoms with E-state index in [1.807, 2.05) is 0 Å². The van der Waals surface area contributed by atoms with E-state index in [9.17, 15) is 8.42 Å². The Morgan fingerprint density at radius 1 is 1.44 bits per heavy atom. The van der Waals surface area contributed by atoms with Crippen LogP contribution in [0.15, 0.2) is 9.42 Å². The summed E-state index contributed by atoms with van der Waals surface area (Å²) in [6, 6.07) is 0. The number of hydrogen-bond acceptors (Lipinski definition) is 5. The van der Waals surface area contributed by atoms with Crippen molar-refractivity contribution in [2.24, 2.45) is 5.73 Å². The lowest BCUT2D eigenvalue weighted by Crippen LogP contribution is -2.29. The van der Waals surface area contributed by atoms with Crippen LogP contribution in [0.3, 0.4) is 0 Å². The number of aryl methyl sites for hydroxylation is 2.